The van der Waals surface area contributed by atoms with E-state index in [-0.39, 0.29) is 34.3 Å². The van der Waals surface area contributed by atoms with Crippen molar-refractivity contribution in [1.29, 1.82) is 0 Å². The third-order valence-corrected chi connectivity index (χ3v) is 5.28. The van der Waals surface area contributed by atoms with Gasteiger partial charge in [0.25, 0.3) is 0 Å². The first-order valence-corrected chi connectivity index (χ1v) is 10.0. The number of benzene rings is 3. The number of halogens is 5. The van der Waals surface area contributed by atoms with Crippen molar-refractivity contribution < 1.29 is 17.9 Å². The average Bonchev–Trinajstić information content (AvgIpc) is 3.12. The summed E-state index contributed by atoms with van der Waals surface area (Å²) >= 11 is 6.21. The minimum absolute atomic E-state index is 0. The third kappa shape index (κ3) is 4.87. The van der Waals surface area contributed by atoms with Crippen LogP contribution in [0.1, 0.15) is 31.9 Å². The van der Waals surface area contributed by atoms with Crippen molar-refractivity contribution in [2.24, 2.45) is 0 Å². The molecule has 0 unspecified atom stereocenters. The smallest absolute Gasteiger partial charge is 0.419 e. The summed E-state index contributed by atoms with van der Waals surface area (Å²) in [7, 11) is 0. The molecule has 4 rings (SSSR count). The van der Waals surface area contributed by atoms with Crippen molar-refractivity contribution in [2.45, 2.75) is 32.4 Å². The molecule has 1 heterocycles. The van der Waals surface area contributed by atoms with Gasteiger partial charge in [0, 0.05) is 5.56 Å². The van der Waals surface area contributed by atoms with Crippen LogP contribution in [0.25, 0.3) is 22.4 Å². The number of nitrogens with one attached hydrogen (secondary N) is 1. The quantitative estimate of drug-likeness (QED) is 0.319. The summed E-state index contributed by atoms with van der Waals surface area (Å²) in [6.07, 6.45) is -4.54. The summed E-state index contributed by atoms with van der Waals surface area (Å²) < 4.78 is 45.5. The lowest BCUT2D eigenvalue weighted by molar-refractivity contribution is -0.138. The number of fused-ring (bicyclic) bond motifs is 1. The first-order chi connectivity index (χ1) is 14.5. The van der Waals surface area contributed by atoms with Gasteiger partial charge in [-0.3, -0.25) is 0 Å². The van der Waals surface area contributed by atoms with E-state index in [1.54, 1.807) is 18.2 Å². The zero-order valence-corrected chi connectivity index (χ0v) is 19.1. The Labute approximate surface area is 195 Å². The Hall–Kier alpha value is -2.70. The van der Waals surface area contributed by atoms with Gasteiger partial charge in [-0.25, -0.2) is 4.98 Å². The van der Waals surface area contributed by atoms with Crippen molar-refractivity contribution >= 4 is 35.0 Å². The molecule has 0 saturated heterocycles. The molecule has 0 atom stereocenters. The molecule has 1 N–H and O–H groups in total. The second-order valence-electron chi connectivity index (χ2n) is 8.31. The third-order valence-electron chi connectivity index (χ3n) is 4.96. The number of hydrogen-bond donors (Lipinski definition) is 1. The van der Waals surface area contributed by atoms with Crippen LogP contribution in [0.2, 0.25) is 5.02 Å². The van der Waals surface area contributed by atoms with Crippen LogP contribution in [0.3, 0.4) is 0 Å². The van der Waals surface area contributed by atoms with E-state index in [0.29, 0.717) is 11.4 Å². The topological polar surface area (TPSA) is 37.9 Å². The number of aromatic nitrogens is 2. The van der Waals surface area contributed by atoms with E-state index in [2.05, 4.69) is 36.8 Å². The summed E-state index contributed by atoms with van der Waals surface area (Å²) in [4.78, 5) is 7.89. The molecule has 0 saturated carbocycles. The van der Waals surface area contributed by atoms with Gasteiger partial charge in [-0.2, -0.15) is 13.2 Å². The monoisotopic (exact) mass is 480 g/mol. The van der Waals surface area contributed by atoms with E-state index in [1.165, 1.54) is 23.8 Å². The summed E-state index contributed by atoms with van der Waals surface area (Å²) in [5, 5.41) is 0.201. The van der Waals surface area contributed by atoms with E-state index >= 15 is 0 Å². The van der Waals surface area contributed by atoms with Crippen LogP contribution in [0.5, 0.6) is 11.5 Å². The van der Waals surface area contributed by atoms with E-state index in [1.807, 2.05) is 12.1 Å². The molecule has 0 fully saturated rings. The number of alkyl halides is 3. The summed E-state index contributed by atoms with van der Waals surface area (Å²) in [6, 6.07) is 16.0. The Morgan fingerprint density at radius 3 is 2.31 bits per heavy atom. The highest BCUT2D eigenvalue weighted by Gasteiger charge is 2.34. The van der Waals surface area contributed by atoms with Crippen LogP contribution in [0.4, 0.5) is 13.2 Å². The van der Waals surface area contributed by atoms with Crippen LogP contribution >= 0.6 is 24.0 Å². The molecule has 0 spiro atoms. The lowest BCUT2D eigenvalue weighted by Gasteiger charge is -2.18. The van der Waals surface area contributed by atoms with E-state index in [4.69, 9.17) is 16.3 Å². The first kappa shape index (κ1) is 24.0. The number of nitrogens with zero attached hydrogens (tertiary/aromatic N) is 1. The predicted molar refractivity (Wildman–Crippen MR) is 124 cm³/mol. The number of ether oxygens (including phenoxy) is 1. The van der Waals surface area contributed by atoms with Crippen molar-refractivity contribution in [3.05, 3.63) is 76.8 Å². The fourth-order valence-electron chi connectivity index (χ4n) is 3.25. The van der Waals surface area contributed by atoms with Crippen molar-refractivity contribution in [3.8, 4) is 22.9 Å². The molecule has 0 aliphatic rings. The number of para-hydroxylation sites is 1. The van der Waals surface area contributed by atoms with Gasteiger partial charge in [0.05, 0.1) is 21.6 Å². The Morgan fingerprint density at radius 2 is 1.62 bits per heavy atom. The molecule has 3 aromatic carbocycles. The van der Waals surface area contributed by atoms with Crippen molar-refractivity contribution in [2.75, 3.05) is 0 Å². The fourth-order valence-corrected chi connectivity index (χ4v) is 3.41. The molecule has 0 aliphatic carbocycles. The van der Waals surface area contributed by atoms with Gasteiger partial charge in [0.2, 0.25) is 0 Å². The molecule has 3 nitrogen and oxygen atoms in total. The standard InChI is InChI=1S/C24H20ClF3N2O.ClH/c1-23(2,3)15-9-11-18-19(13-15)30-22(29-18)14-8-10-17(25)21(12-14)31-20-7-5-4-6-16(20)24(26,27)28;/h4-13H,1-3H3,(H,29,30);1H. The van der Waals surface area contributed by atoms with Crippen LogP contribution in [-0.4, -0.2) is 9.97 Å². The molecule has 0 radical (unpaired) electrons. The second-order valence-corrected chi connectivity index (χ2v) is 8.72. The van der Waals surface area contributed by atoms with Crippen LogP contribution in [0.15, 0.2) is 60.7 Å². The minimum atomic E-state index is -4.54. The van der Waals surface area contributed by atoms with Crippen molar-refractivity contribution in [3.63, 3.8) is 0 Å². The van der Waals surface area contributed by atoms with Crippen LogP contribution in [0, 0.1) is 0 Å². The number of hydrogen-bond acceptors (Lipinski definition) is 2. The molecular weight excluding hydrogens is 460 g/mol. The van der Waals surface area contributed by atoms with Crippen LogP contribution in [-0.2, 0) is 11.6 Å². The molecule has 1 aromatic heterocycles. The van der Waals surface area contributed by atoms with Gasteiger partial charge in [-0.05, 0) is 53.4 Å². The van der Waals surface area contributed by atoms with E-state index in [9.17, 15) is 13.2 Å². The van der Waals surface area contributed by atoms with Crippen LogP contribution < -0.4 is 4.74 Å². The number of rotatable bonds is 3. The maximum absolute atomic E-state index is 13.3. The maximum Gasteiger partial charge on any atom is 0.419 e. The Balaban J connectivity index is 0.00000289. The van der Waals surface area contributed by atoms with E-state index in [0.717, 1.165) is 17.1 Å². The highest BCUT2D eigenvalue weighted by atomic mass is 35.5. The zero-order chi connectivity index (χ0) is 22.4. The number of H-pyrrole nitrogens is 1. The van der Waals surface area contributed by atoms with Gasteiger partial charge >= 0.3 is 6.18 Å². The molecule has 0 amide bonds. The molecular formula is C24H21Cl2F3N2O. The molecule has 8 heteroatoms. The highest BCUT2D eigenvalue weighted by Crippen LogP contribution is 2.40. The van der Waals surface area contributed by atoms with Gasteiger partial charge in [-0.15, -0.1) is 12.4 Å². The van der Waals surface area contributed by atoms with Gasteiger partial charge in [0.1, 0.15) is 17.3 Å². The summed E-state index contributed by atoms with van der Waals surface area (Å²) in [5.74, 6) is 0.381. The Bertz CT molecular complexity index is 1260. The Morgan fingerprint density at radius 1 is 0.906 bits per heavy atom. The van der Waals surface area contributed by atoms with Gasteiger partial charge in [0.15, 0.2) is 0 Å². The maximum atomic E-state index is 13.3. The average molecular weight is 481 g/mol. The number of imidazole rings is 1. The Kier molecular flexibility index (Phi) is 6.50. The zero-order valence-electron chi connectivity index (χ0n) is 17.5. The SMILES string of the molecule is CC(C)(C)c1ccc2nc(-c3ccc(Cl)c(Oc4ccccc4C(F)(F)F)c3)[nH]c2c1.Cl. The highest BCUT2D eigenvalue weighted by molar-refractivity contribution is 6.32. The predicted octanol–water partition coefficient (Wildman–Crippen LogP) is 8.41. The number of aromatic amines is 1. The lowest BCUT2D eigenvalue weighted by atomic mass is 9.87. The van der Waals surface area contributed by atoms with Crippen molar-refractivity contribution in [1.82, 2.24) is 9.97 Å². The second kappa shape index (κ2) is 8.68. The largest absolute Gasteiger partial charge is 0.455 e. The van der Waals surface area contributed by atoms with E-state index < -0.39 is 11.7 Å². The normalized spacial score (nSPS) is 12.0. The summed E-state index contributed by atoms with van der Waals surface area (Å²) in [5.41, 5.74) is 2.61. The molecule has 0 bridgehead atoms. The molecule has 32 heavy (non-hydrogen) atoms. The van der Waals surface area contributed by atoms with Gasteiger partial charge in [-0.1, -0.05) is 50.6 Å². The molecule has 168 valence electrons. The first-order valence-electron chi connectivity index (χ1n) is 9.66. The summed E-state index contributed by atoms with van der Waals surface area (Å²) in [6.45, 7) is 6.40. The van der Waals surface area contributed by atoms with Gasteiger partial charge < -0.3 is 9.72 Å². The fraction of sp³-hybridized carbons (Fsp3) is 0.208. The molecule has 0 aliphatic heterocycles. The molecule has 4 aromatic rings. The lowest BCUT2D eigenvalue weighted by Crippen LogP contribution is -2.10. The minimum Gasteiger partial charge on any atom is -0.455 e.